The molecule has 0 aromatic rings. The predicted molar refractivity (Wildman–Crippen MR) is 107 cm³/mol. The van der Waals surface area contributed by atoms with Crippen LogP contribution >= 0.6 is 0 Å². The average Bonchev–Trinajstić information content (AvgIpc) is 2.70. The van der Waals surface area contributed by atoms with Gasteiger partial charge in [-0.3, -0.25) is 4.79 Å². The van der Waals surface area contributed by atoms with E-state index in [9.17, 15) is 9.59 Å². The van der Waals surface area contributed by atoms with Gasteiger partial charge in [-0.25, -0.2) is 4.79 Å². The lowest BCUT2D eigenvalue weighted by molar-refractivity contribution is -0.163. The van der Waals surface area contributed by atoms with Crippen LogP contribution in [-0.4, -0.2) is 43.8 Å². The molecule has 0 bridgehead atoms. The molecule has 0 N–H and O–H groups in total. The molecule has 5 nitrogen and oxygen atoms in total. The Morgan fingerprint density at radius 3 is 2.89 bits per heavy atom. The van der Waals surface area contributed by atoms with Crippen molar-refractivity contribution in [1.29, 1.82) is 0 Å². The van der Waals surface area contributed by atoms with Crippen LogP contribution < -0.4 is 0 Å². The summed E-state index contributed by atoms with van der Waals surface area (Å²) in [4.78, 5) is 25.2. The van der Waals surface area contributed by atoms with Crippen LogP contribution in [0.15, 0.2) is 36.5 Å². The zero-order valence-electron chi connectivity index (χ0n) is 17.0. The number of methoxy groups -OCH3 is 1. The monoisotopic (exact) mass is 388 g/mol. The van der Waals surface area contributed by atoms with E-state index >= 15 is 0 Å². The first-order chi connectivity index (χ1) is 13.5. The Bertz CT molecular complexity index is 649. The van der Waals surface area contributed by atoms with E-state index in [2.05, 4.69) is 6.58 Å². The molecule has 0 aromatic heterocycles. The number of allylic oxidation sites excluding steroid dienone is 2. The number of carbonyl (C=O) groups is 2. The minimum Gasteiger partial charge on any atom is -0.458 e. The number of ether oxygens (including phenoxy) is 3. The maximum Gasteiger partial charge on any atom is 0.331 e. The van der Waals surface area contributed by atoms with Crippen LogP contribution in [0.3, 0.4) is 0 Å². The number of hydrogen-bond donors (Lipinski definition) is 0. The van der Waals surface area contributed by atoms with Crippen molar-refractivity contribution in [3.05, 3.63) is 36.5 Å². The summed E-state index contributed by atoms with van der Waals surface area (Å²) in [6, 6.07) is 0. The highest BCUT2D eigenvalue weighted by molar-refractivity contribution is 5.93. The third-order valence-electron chi connectivity index (χ3n) is 6.39. The fourth-order valence-electron chi connectivity index (χ4n) is 4.89. The zero-order chi connectivity index (χ0) is 20.1. The molecule has 2 aliphatic carbocycles. The normalized spacial score (nSPS) is 35.8. The van der Waals surface area contributed by atoms with Crippen LogP contribution in [-0.2, 0) is 23.8 Å². The van der Waals surface area contributed by atoms with Crippen molar-refractivity contribution in [1.82, 2.24) is 0 Å². The van der Waals surface area contributed by atoms with Crippen molar-refractivity contribution in [2.75, 3.05) is 13.7 Å². The minimum absolute atomic E-state index is 0.00852. The quantitative estimate of drug-likeness (QED) is 0.377. The van der Waals surface area contributed by atoms with E-state index in [0.29, 0.717) is 12.5 Å². The molecule has 3 rings (SSSR count). The van der Waals surface area contributed by atoms with Gasteiger partial charge in [0, 0.05) is 19.1 Å². The number of ketones is 1. The molecule has 2 saturated carbocycles. The number of hydrogen-bond acceptors (Lipinski definition) is 5. The van der Waals surface area contributed by atoms with Crippen molar-refractivity contribution in [2.45, 2.75) is 63.8 Å². The average molecular weight is 389 g/mol. The summed E-state index contributed by atoms with van der Waals surface area (Å²) in [6.45, 7) is 6.04. The van der Waals surface area contributed by atoms with E-state index in [0.717, 1.165) is 44.1 Å². The summed E-state index contributed by atoms with van der Waals surface area (Å²) < 4.78 is 17.0. The fraction of sp³-hybridized carbons (Fsp3) is 0.652. The second kappa shape index (κ2) is 9.66. The summed E-state index contributed by atoms with van der Waals surface area (Å²) >= 11 is 0. The van der Waals surface area contributed by atoms with Crippen LogP contribution in [0.2, 0.25) is 0 Å². The van der Waals surface area contributed by atoms with E-state index < -0.39 is 12.0 Å². The molecule has 2 fully saturated rings. The van der Waals surface area contributed by atoms with Gasteiger partial charge in [0.05, 0.1) is 24.7 Å². The van der Waals surface area contributed by atoms with Gasteiger partial charge in [-0.05, 0) is 51.0 Å². The molecule has 3 aliphatic rings. The third kappa shape index (κ3) is 4.81. The fourth-order valence-corrected chi connectivity index (χ4v) is 4.89. The molecule has 6 unspecified atom stereocenters. The number of rotatable bonds is 7. The largest absolute Gasteiger partial charge is 0.458 e. The maximum absolute atomic E-state index is 13.2. The van der Waals surface area contributed by atoms with Gasteiger partial charge in [-0.2, -0.15) is 0 Å². The highest BCUT2D eigenvalue weighted by atomic mass is 16.5. The number of esters is 1. The Morgan fingerprint density at radius 2 is 2.14 bits per heavy atom. The van der Waals surface area contributed by atoms with Crippen molar-refractivity contribution in [3.63, 3.8) is 0 Å². The Labute approximate surface area is 167 Å². The second-order valence-electron chi connectivity index (χ2n) is 8.21. The Morgan fingerprint density at radius 1 is 1.32 bits per heavy atom. The summed E-state index contributed by atoms with van der Waals surface area (Å²) in [7, 11) is 1.75. The molecular weight excluding hydrogens is 356 g/mol. The van der Waals surface area contributed by atoms with Crippen LogP contribution in [0.25, 0.3) is 0 Å². The summed E-state index contributed by atoms with van der Waals surface area (Å²) in [5, 5.41) is 0. The summed E-state index contributed by atoms with van der Waals surface area (Å²) in [5.41, 5.74) is 1.00. The summed E-state index contributed by atoms with van der Waals surface area (Å²) in [5.74, 6) is -0.392. The molecule has 6 atom stereocenters. The molecule has 5 heteroatoms. The maximum atomic E-state index is 13.2. The highest BCUT2D eigenvalue weighted by Gasteiger charge is 2.47. The van der Waals surface area contributed by atoms with Crippen molar-refractivity contribution in [2.24, 2.45) is 17.8 Å². The van der Waals surface area contributed by atoms with E-state index in [4.69, 9.17) is 14.2 Å². The van der Waals surface area contributed by atoms with Gasteiger partial charge in [0.2, 0.25) is 0 Å². The van der Waals surface area contributed by atoms with Gasteiger partial charge >= 0.3 is 5.97 Å². The minimum atomic E-state index is -0.468. The molecule has 0 saturated heterocycles. The smallest absolute Gasteiger partial charge is 0.331 e. The molecule has 154 valence electrons. The molecule has 0 amide bonds. The van der Waals surface area contributed by atoms with Gasteiger partial charge < -0.3 is 14.2 Å². The topological polar surface area (TPSA) is 61.8 Å². The van der Waals surface area contributed by atoms with Gasteiger partial charge in [0.25, 0.3) is 0 Å². The van der Waals surface area contributed by atoms with Crippen molar-refractivity contribution in [3.8, 4) is 0 Å². The summed E-state index contributed by atoms with van der Waals surface area (Å²) in [6.07, 6.45) is 12.4. The SMILES string of the molecule is C=CCOC1CCC2C(C)=CC(=O)OC2C1C(=O)/C=C/C1CCCC(OC)C1. The Hall–Kier alpha value is -1.72. The van der Waals surface area contributed by atoms with Crippen LogP contribution in [0, 0.1) is 17.8 Å². The van der Waals surface area contributed by atoms with Crippen molar-refractivity contribution < 1.29 is 23.8 Å². The first-order valence-corrected chi connectivity index (χ1v) is 10.4. The lowest BCUT2D eigenvalue weighted by Gasteiger charge is -2.43. The van der Waals surface area contributed by atoms with Gasteiger partial charge in [0.1, 0.15) is 6.10 Å². The zero-order valence-corrected chi connectivity index (χ0v) is 17.0. The van der Waals surface area contributed by atoms with Gasteiger partial charge in [0.15, 0.2) is 5.78 Å². The molecule has 0 aromatic carbocycles. The van der Waals surface area contributed by atoms with Gasteiger partial charge in [-0.15, -0.1) is 6.58 Å². The molecule has 0 spiro atoms. The number of fused-ring (bicyclic) bond motifs is 1. The Balaban J connectivity index is 1.76. The number of carbonyl (C=O) groups excluding carboxylic acids is 2. The van der Waals surface area contributed by atoms with Crippen LogP contribution in [0.1, 0.15) is 45.4 Å². The molecule has 1 heterocycles. The van der Waals surface area contributed by atoms with Gasteiger partial charge in [-0.1, -0.05) is 24.1 Å². The molecular formula is C23H32O5. The van der Waals surface area contributed by atoms with E-state index in [1.165, 1.54) is 0 Å². The highest BCUT2D eigenvalue weighted by Crippen LogP contribution is 2.40. The van der Waals surface area contributed by atoms with E-state index in [1.54, 1.807) is 25.3 Å². The third-order valence-corrected chi connectivity index (χ3v) is 6.39. The molecule has 1 aliphatic heterocycles. The lowest BCUT2D eigenvalue weighted by atomic mass is 9.71. The Kier molecular flexibility index (Phi) is 7.24. The van der Waals surface area contributed by atoms with Crippen molar-refractivity contribution >= 4 is 11.8 Å². The standard InChI is InChI=1S/C23H32O5/c1-4-12-27-20-11-9-18-15(2)13-21(25)28-23(18)22(20)19(24)10-8-16-6-5-7-17(14-16)26-3/h4,8,10,13,16-18,20,22-23H,1,5-7,9,11-12,14H2,2-3H3/b10-8+. The predicted octanol–water partition coefficient (Wildman–Crippen LogP) is 3.79. The molecule has 28 heavy (non-hydrogen) atoms. The second-order valence-corrected chi connectivity index (χ2v) is 8.21. The van der Waals surface area contributed by atoms with E-state index in [-0.39, 0.29) is 29.9 Å². The first-order valence-electron chi connectivity index (χ1n) is 10.4. The van der Waals surface area contributed by atoms with Crippen LogP contribution in [0.4, 0.5) is 0 Å². The van der Waals surface area contributed by atoms with Crippen LogP contribution in [0.5, 0.6) is 0 Å². The van der Waals surface area contributed by atoms with E-state index in [1.807, 2.05) is 13.0 Å². The first kappa shape index (κ1) is 21.0. The molecule has 0 radical (unpaired) electrons. The lowest BCUT2D eigenvalue weighted by Crippen LogP contribution is -2.50.